The number of carbonyl (C=O) groups is 2. The fourth-order valence-corrected chi connectivity index (χ4v) is 4.75. The van der Waals surface area contributed by atoms with Crippen molar-refractivity contribution in [2.24, 2.45) is 17.8 Å². The summed E-state index contributed by atoms with van der Waals surface area (Å²) in [5, 5.41) is 3.11. The zero-order chi connectivity index (χ0) is 20.8. The molecule has 0 unspecified atom stereocenters. The van der Waals surface area contributed by atoms with Gasteiger partial charge in [0.15, 0.2) is 0 Å². The number of hydrogen-bond donors (Lipinski definition) is 1. The Morgan fingerprint density at radius 1 is 1.10 bits per heavy atom. The lowest BCUT2D eigenvalue weighted by Crippen LogP contribution is -2.47. The van der Waals surface area contributed by atoms with Gasteiger partial charge >= 0.3 is 0 Å². The van der Waals surface area contributed by atoms with Gasteiger partial charge in [0.05, 0.1) is 6.10 Å². The van der Waals surface area contributed by atoms with Crippen LogP contribution in [-0.4, -0.2) is 48.6 Å². The van der Waals surface area contributed by atoms with Crippen molar-refractivity contribution in [3.63, 3.8) is 0 Å². The minimum atomic E-state index is -0.0291. The summed E-state index contributed by atoms with van der Waals surface area (Å²) in [6, 6.07) is 9.51. The van der Waals surface area contributed by atoms with Crippen molar-refractivity contribution in [3.8, 4) is 0 Å². The summed E-state index contributed by atoms with van der Waals surface area (Å²) in [5.41, 5.74) is 0.727. The van der Waals surface area contributed by atoms with Crippen LogP contribution in [0.25, 0.3) is 0 Å². The molecule has 2 amide bonds. The van der Waals surface area contributed by atoms with Gasteiger partial charge in [-0.3, -0.25) is 9.59 Å². The predicted octanol–water partition coefficient (Wildman–Crippen LogP) is 3.88. The first-order valence-electron chi connectivity index (χ1n) is 11.2. The Hall–Kier alpha value is -1.88. The second-order valence-electron chi connectivity index (χ2n) is 9.18. The fourth-order valence-electron chi connectivity index (χ4n) is 4.75. The Balaban J connectivity index is 1.41. The number of ether oxygens (including phenoxy) is 1. The SMILES string of the molecule is CC(C)[C@@H]1CC[C@H](C)C[C@H]1OCC(=O)NC1CCN(C(=O)c2ccccc2)CC1. The van der Waals surface area contributed by atoms with E-state index in [0.717, 1.165) is 24.8 Å². The molecule has 1 N–H and O–H groups in total. The van der Waals surface area contributed by atoms with Crippen molar-refractivity contribution < 1.29 is 14.3 Å². The molecule has 29 heavy (non-hydrogen) atoms. The lowest BCUT2D eigenvalue weighted by Gasteiger charge is -2.37. The molecule has 160 valence electrons. The molecule has 1 heterocycles. The highest BCUT2D eigenvalue weighted by Crippen LogP contribution is 2.35. The van der Waals surface area contributed by atoms with E-state index in [1.807, 2.05) is 35.2 Å². The van der Waals surface area contributed by atoms with Gasteiger partial charge in [-0.25, -0.2) is 0 Å². The number of carbonyl (C=O) groups excluding carboxylic acids is 2. The lowest BCUT2D eigenvalue weighted by molar-refractivity contribution is -0.132. The maximum atomic E-state index is 12.5. The van der Waals surface area contributed by atoms with Crippen LogP contribution in [0, 0.1) is 17.8 Å². The molecule has 1 saturated carbocycles. The van der Waals surface area contributed by atoms with Crippen LogP contribution in [0.2, 0.25) is 0 Å². The van der Waals surface area contributed by atoms with Gasteiger partial charge in [-0.05, 0) is 55.6 Å². The van der Waals surface area contributed by atoms with Crippen molar-refractivity contribution in [2.45, 2.75) is 65.0 Å². The number of amides is 2. The average Bonchev–Trinajstić information content (AvgIpc) is 2.73. The smallest absolute Gasteiger partial charge is 0.253 e. The molecule has 0 bridgehead atoms. The maximum absolute atomic E-state index is 12.5. The molecule has 3 atom stereocenters. The summed E-state index contributed by atoms with van der Waals surface area (Å²) in [6.45, 7) is 8.27. The summed E-state index contributed by atoms with van der Waals surface area (Å²) in [7, 11) is 0. The van der Waals surface area contributed by atoms with Crippen molar-refractivity contribution in [1.82, 2.24) is 10.2 Å². The highest BCUT2D eigenvalue weighted by molar-refractivity contribution is 5.94. The highest BCUT2D eigenvalue weighted by atomic mass is 16.5. The van der Waals surface area contributed by atoms with E-state index in [2.05, 4.69) is 26.1 Å². The summed E-state index contributed by atoms with van der Waals surface area (Å²) >= 11 is 0. The molecule has 1 aromatic carbocycles. The summed E-state index contributed by atoms with van der Waals surface area (Å²) in [5.74, 6) is 1.85. The minimum absolute atomic E-state index is 0.0291. The van der Waals surface area contributed by atoms with Crippen LogP contribution in [0.15, 0.2) is 30.3 Å². The number of hydrogen-bond acceptors (Lipinski definition) is 3. The van der Waals surface area contributed by atoms with Crippen LogP contribution in [0.1, 0.15) is 63.2 Å². The first-order valence-corrected chi connectivity index (χ1v) is 11.2. The summed E-state index contributed by atoms with van der Waals surface area (Å²) < 4.78 is 6.07. The van der Waals surface area contributed by atoms with Gasteiger partial charge in [0.25, 0.3) is 5.91 Å². The molecule has 2 aliphatic rings. The third-order valence-electron chi connectivity index (χ3n) is 6.56. The number of piperidine rings is 1. The van der Waals surface area contributed by atoms with Crippen LogP contribution in [0.4, 0.5) is 0 Å². The van der Waals surface area contributed by atoms with Gasteiger partial charge in [-0.2, -0.15) is 0 Å². The number of nitrogens with zero attached hydrogens (tertiary/aromatic N) is 1. The van der Waals surface area contributed by atoms with Crippen molar-refractivity contribution in [3.05, 3.63) is 35.9 Å². The molecule has 5 nitrogen and oxygen atoms in total. The number of nitrogens with one attached hydrogen (secondary N) is 1. The van der Waals surface area contributed by atoms with Gasteiger partial charge < -0.3 is 15.0 Å². The maximum Gasteiger partial charge on any atom is 0.253 e. The first kappa shape index (κ1) is 21.8. The molecular formula is C24H36N2O3. The normalized spacial score (nSPS) is 25.8. The Bertz CT molecular complexity index is 668. The molecule has 0 radical (unpaired) electrons. The largest absolute Gasteiger partial charge is 0.368 e. The van der Waals surface area contributed by atoms with Crippen molar-refractivity contribution in [1.29, 1.82) is 0 Å². The predicted molar refractivity (Wildman–Crippen MR) is 115 cm³/mol. The highest BCUT2D eigenvalue weighted by Gasteiger charge is 2.32. The Kier molecular flexibility index (Phi) is 7.70. The van der Waals surface area contributed by atoms with Crippen molar-refractivity contribution >= 4 is 11.8 Å². The van der Waals surface area contributed by atoms with E-state index in [1.54, 1.807) is 0 Å². The van der Waals surface area contributed by atoms with Crippen LogP contribution in [0.3, 0.4) is 0 Å². The quantitative estimate of drug-likeness (QED) is 0.788. The molecule has 1 saturated heterocycles. The van der Waals surface area contributed by atoms with Crippen LogP contribution in [-0.2, 0) is 9.53 Å². The van der Waals surface area contributed by atoms with E-state index in [9.17, 15) is 9.59 Å². The standard InChI is InChI=1S/C24H36N2O3/c1-17(2)21-10-9-18(3)15-22(21)29-16-23(27)25-20-11-13-26(14-12-20)24(28)19-7-5-4-6-8-19/h4-8,17-18,20-22H,9-16H2,1-3H3,(H,25,27)/t18-,21-,22+/m0/s1. The van der Waals surface area contributed by atoms with Gasteiger partial charge in [0, 0.05) is 24.7 Å². The van der Waals surface area contributed by atoms with E-state index < -0.39 is 0 Å². The van der Waals surface area contributed by atoms with Gasteiger partial charge in [-0.15, -0.1) is 0 Å². The van der Waals surface area contributed by atoms with E-state index >= 15 is 0 Å². The molecule has 2 fully saturated rings. The van der Waals surface area contributed by atoms with E-state index in [1.165, 1.54) is 12.8 Å². The van der Waals surface area contributed by atoms with Gasteiger partial charge in [-0.1, -0.05) is 45.4 Å². The van der Waals surface area contributed by atoms with Gasteiger partial charge in [0.2, 0.25) is 5.91 Å². The molecular weight excluding hydrogens is 364 g/mol. The second-order valence-corrected chi connectivity index (χ2v) is 9.18. The second kappa shape index (κ2) is 10.2. The third-order valence-corrected chi connectivity index (χ3v) is 6.56. The van der Waals surface area contributed by atoms with E-state index in [4.69, 9.17) is 4.74 Å². The van der Waals surface area contributed by atoms with Crippen LogP contribution in [0.5, 0.6) is 0 Å². The Morgan fingerprint density at radius 3 is 2.45 bits per heavy atom. The molecule has 1 aromatic rings. The number of rotatable bonds is 6. The molecule has 0 spiro atoms. The summed E-state index contributed by atoms with van der Waals surface area (Å²) in [6.07, 6.45) is 5.28. The first-order chi connectivity index (χ1) is 13.9. The lowest BCUT2D eigenvalue weighted by atomic mass is 9.75. The number of benzene rings is 1. The zero-order valence-corrected chi connectivity index (χ0v) is 18.1. The van der Waals surface area contributed by atoms with E-state index in [0.29, 0.717) is 30.8 Å². The van der Waals surface area contributed by atoms with E-state index in [-0.39, 0.29) is 30.6 Å². The Labute approximate surface area is 175 Å². The molecule has 1 aliphatic heterocycles. The van der Waals surface area contributed by atoms with Crippen molar-refractivity contribution in [2.75, 3.05) is 19.7 Å². The zero-order valence-electron chi connectivity index (χ0n) is 18.1. The molecule has 3 rings (SSSR count). The van der Waals surface area contributed by atoms with Gasteiger partial charge in [0.1, 0.15) is 6.61 Å². The minimum Gasteiger partial charge on any atom is -0.368 e. The molecule has 5 heteroatoms. The number of likely N-dealkylation sites (tertiary alicyclic amines) is 1. The molecule has 1 aliphatic carbocycles. The summed E-state index contributed by atoms with van der Waals surface area (Å²) in [4.78, 5) is 26.8. The molecule has 0 aromatic heterocycles. The van der Waals surface area contributed by atoms with Crippen LogP contribution >= 0.6 is 0 Å². The topological polar surface area (TPSA) is 58.6 Å². The fraction of sp³-hybridized carbons (Fsp3) is 0.667. The Morgan fingerprint density at radius 2 is 1.79 bits per heavy atom. The monoisotopic (exact) mass is 400 g/mol. The van der Waals surface area contributed by atoms with Crippen LogP contribution < -0.4 is 5.32 Å². The average molecular weight is 401 g/mol. The third kappa shape index (κ3) is 6.05.